The number of aromatic nitrogens is 4. The average Bonchev–Trinajstić information content (AvgIpc) is 3.28. The molecular formula is C28H24FN5O3. The molecule has 186 valence electrons. The summed E-state index contributed by atoms with van der Waals surface area (Å²) in [5.74, 6) is -1.16. The summed E-state index contributed by atoms with van der Waals surface area (Å²) in [5, 5.41) is 8.52. The number of amides is 1. The SMILES string of the molecule is CCOC(=O)c1cnn(-c2cc(C)c3cccc(C)c3n2)c1NC(=O)c1cc(C)nc2ccc(F)cc12. The monoisotopic (exact) mass is 497 g/mol. The Morgan fingerprint density at radius 2 is 1.78 bits per heavy atom. The number of para-hydroxylation sites is 1. The normalized spacial score (nSPS) is 11.2. The van der Waals surface area contributed by atoms with Crippen molar-refractivity contribution < 1.29 is 18.7 Å². The van der Waals surface area contributed by atoms with E-state index >= 15 is 0 Å². The van der Waals surface area contributed by atoms with E-state index in [0.717, 1.165) is 22.0 Å². The van der Waals surface area contributed by atoms with Gasteiger partial charge in [-0.15, -0.1) is 0 Å². The number of rotatable bonds is 5. The highest BCUT2D eigenvalue weighted by molar-refractivity contribution is 6.13. The van der Waals surface area contributed by atoms with E-state index in [0.29, 0.717) is 22.4 Å². The molecule has 0 radical (unpaired) electrons. The zero-order chi connectivity index (χ0) is 26.3. The first-order chi connectivity index (χ1) is 17.8. The van der Waals surface area contributed by atoms with Crippen LogP contribution in [0.5, 0.6) is 0 Å². The largest absolute Gasteiger partial charge is 0.462 e. The molecule has 0 aliphatic rings. The highest BCUT2D eigenvalue weighted by atomic mass is 19.1. The van der Waals surface area contributed by atoms with Crippen LogP contribution >= 0.6 is 0 Å². The molecule has 5 rings (SSSR count). The smallest absolute Gasteiger partial charge is 0.343 e. The number of hydrogen-bond acceptors (Lipinski definition) is 6. The van der Waals surface area contributed by atoms with E-state index in [9.17, 15) is 14.0 Å². The van der Waals surface area contributed by atoms with Gasteiger partial charge in [0.1, 0.15) is 11.4 Å². The Bertz CT molecular complexity index is 1710. The molecule has 0 aliphatic heterocycles. The molecule has 0 saturated heterocycles. The summed E-state index contributed by atoms with van der Waals surface area (Å²) in [4.78, 5) is 35.5. The fraction of sp³-hybridized carbons (Fsp3) is 0.179. The fourth-order valence-electron chi connectivity index (χ4n) is 4.35. The third kappa shape index (κ3) is 4.40. The van der Waals surface area contributed by atoms with Crippen LogP contribution in [0.3, 0.4) is 0 Å². The number of ether oxygens (including phenoxy) is 1. The molecule has 9 heteroatoms. The maximum absolute atomic E-state index is 14.1. The summed E-state index contributed by atoms with van der Waals surface area (Å²) in [6.07, 6.45) is 1.34. The number of fused-ring (bicyclic) bond motifs is 2. The Morgan fingerprint density at radius 1 is 0.973 bits per heavy atom. The van der Waals surface area contributed by atoms with Gasteiger partial charge in [-0.2, -0.15) is 9.78 Å². The number of benzene rings is 2. The Labute approximate surface area is 212 Å². The molecule has 0 spiro atoms. The van der Waals surface area contributed by atoms with Gasteiger partial charge in [-0.25, -0.2) is 14.2 Å². The molecule has 0 atom stereocenters. The van der Waals surface area contributed by atoms with Crippen molar-refractivity contribution in [2.24, 2.45) is 0 Å². The van der Waals surface area contributed by atoms with E-state index in [1.165, 1.54) is 29.1 Å². The molecule has 0 fully saturated rings. The van der Waals surface area contributed by atoms with Crippen molar-refractivity contribution >= 4 is 39.5 Å². The van der Waals surface area contributed by atoms with Gasteiger partial charge in [-0.05, 0) is 69.2 Å². The van der Waals surface area contributed by atoms with Crippen LogP contribution < -0.4 is 5.32 Å². The summed E-state index contributed by atoms with van der Waals surface area (Å²) in [7, 11) is 0. The number of halogens is 1. The van der Waals surface area contributed by atoms with Crippen molar-refractivity contribution in [3.8, 4) is 5.82 Å². The Kier molecular flexibility index (Phi) is 6.12. The minimum Gasteiger partial charge on any atom is -0.462 e. The standard InChI is InChI=1S/C28H24FN5O3/c1-5-37-28(36)22-14-30-34(24-11-16(3)19-8-6-7-15(2)25(19)32-24)26(22)33-27(35)21-12-17(4)31-23-10-9-18(29)13-20(21)23/h6-14H,5H2,1-4H3,(H,33,35). The van der Waals surface area contributed by atoms with Crippen molar-refractivity contribution in [3.05, 3.63) is 88.5 Å². The Morgan fingerprint density at radius 3 is 2.57 bits per heavy atom. The zero-order valence-corrected chi connectivity index (χ0v) is 20.8. The first-order valence-corrected chi connectivity index (χ1v) is 11.8. The maximum atomic E-state index is 14.1. The van der Waals surface area contributed by atoms with Crippen molar-refractivity contribution in [2.75, 3.05) is 11.9 Å². The second kappa shape index (κ2) is 9.42. The van der Waals surface area contributed by atoms with E-state index in [1.54, 1.807) is 19.9 Å². The fourth-order valence-corrected chi connectivity index (χ4v) is 4.35. The van der Waals surface area contributed by atoms with Crippen LogP contribution in [-0.2, 0) is 4.74 Å². The predicted molar refractivity (Wildman–Crippen MR) is 139 cm³/mol. The van der Waals surface area contributed by atoms with Gasteiger partial charge in [-0.1, -0.05) is 18.2 Å². The minimum atomic E-state index is -0.639. The van der Waals surface area contributed by atoms with Crippen LogP contribution in [0.25, 0.3) is 27.6 Å². The first-order valence-electron chi connectivity index (χ1n) is 11.8. The highest BCUT2D eigenvalue weighted by Crippen LogP contribution is 2.27. The predicted octanol–water partition coefficient (Wildman–Crippen LogP) is 5.46. The van der Waals surface area contributed by atoms with Gasteiger partial charge >= 0.3 is 5.97 Å². The average molecular weight is 498 g/mol. The Hall–Kier alpha value is -4.66. The van der Waals surface area contributed by atoms with Crippen LogP contribution in [0, 0.1) is 26.6 Å². The summed E-state index contributed by atoms with van der Waals surface area (Å²) < 4.78 is 20.7. The van der Waals surface area contributed by atoms with Crippen LogP contribution in [-0.4, -0.2) is 38.2 Å². The van der Waals surface area contributed by atoms with E-state index in [-0.39, 0.29) is 23.6 Å². The maximum Gasteiger partial charge on any atom is 0.343 e. The quantitative estimate of drug-likeness (QED) is 0.324. The molecule has 0 aliphatic carbocycles. The van der Waals surface area contributed by atoms with Gasteiger partial charge in [0.15, 0.2) is 11.6 Å². The zero-order valence-electron chi connectivity index (χ0n) is 20.8. The van der Waals surface area contributed by atoms with Gasteiger partial charge in [0.2, 0.25) is 0 Å². The summed E-state index contributed by atoms with van der Waals surface area (Å²) in [5.41, 5.74) is 4.07. The molecule has 3 aromatic heterocycles. The second-order valence-corrected chi connectivity index (χ2v) is 8.73. The molecule has 3 heterocycles. The van der Waals surface area contributed by atoms with E-state index in [1.807, 2.05) is 38.1 Å². The molecule has 1 N–H and O–H groups in total. The summed E-state index contributed by atoms with van der Waals surface area (Å²) in [6.45, 7) is 7.51. The first kappa shape index (κ1) is 24.1. The number of nitrogens with one attached hydrogen (secondary N) is 1. The molecular weight excluding hydrogens is 473 g/mol. The summed E-state index contributed by atoms with van der Waals surface area (Å²) in [6, 6.07) is 13.4. The van der Waals surface area contributed by atoms with Gasteiger partial charge in [0, 0.05) is 16.5 Å². The van der Waals surface area contributed by atoms with Crippen LogP contribution in [0.2, 0.25) is 0 Å². The number of carbonyl (C=O) groups excluding carboxylic acids is 2. The molecule has 5 aromatic rings. The van der Waals surface area contributed by atoms with Crippen LogP contribution in [0.15, 0.2) is 54.7 Å². The minimum absolute atomic E-state index is 0.0702. The molecule has 1 amide bonds. The third-order valence-corrected chi connectivity index (χ3v) is 6.09. The molecule has 0 bridgehead atoms. The van der Waals surface area contributed by atoms with E-state index < -0.39 is 17.7 Å². The molecule has 8 nitrogen and oxygen atoms in total. The highest BCUT2D eigenvalue weighted by Gasteiger charge is 2.24. The lowest BCUT2D eigenvalue weighted by atomic mass is 10.1. The van der Waals surface area contributed by atoms with Crippen molar-refractivity contribution in [1.82, 2.24) is 19.7 Å². The molecule has 0 unspecified atom stereocenters. The van der Waals surface area contributed by atoms with Gasteiger partial charge in [0.05, 0.1) is 29.4 Å². The van der Waals surface area contributed by atoms with Gasteiger partial charge in [-0.3, -0.25) is 9.78 Å². The number of hydrogen-bond donors (Lipinski definition) is 1. The van der Waals surface area contributed by atoms with Crippen molar-refractivity contribution in [1.29, 1.82) is 0 Å². The van der Waals surface area contributed by atoms with Gasteiger partial charge in [0.25, 0.3) is 5.91 Å². The van der Waals surface area contributed by atoms with E-state index in [2.05, 4.69) is 15.4 Å². The number of pyridine rings is 2. The number of anilines is 1. The third-order valence-electron chi connectivity index (χ3n) is 6.09. The lowest BCUT2D eigenvalue weighted by Crippen LogP contribution is -2.19. The van der Waals surface area contributed by atoms with Crippen molar-refractivity contribution in [2.45, 2.75) is 27.7 Å². The van der Waals surface area contributed by atoms with Gasteiger partial charge < -0.3 is 10.1 Å². The number of aryl methyl sites for hydroxylation is 3. The summed E-state index contributed by atoms with van der Waals surface area (Å²) >= 11 is 0. The molecule has 37 heavy (non-hydrogen) atoms. The molecule has 2 aromatic carbocycles. The molecule has 0 saturated carbocycles. The van der Waals surface area contributed by atoms with Crippen molar-refractivity contribution in [3.63, 3.8) is 0 Å². The lowest BCUT2D eigenvalue weighted by molar-refractivity contribution is 0.0527. The lowest BCUT2D eigenvalue weighted by Gasteiger charge is -2.14. The number of carbonyl (C=O) groups is 2. The van der Waals surface area contributed by atoms with E-state index in [4.69, 9.17) is 9.72 Å². The number of nitrogens with zero attached hydrogens (tertiary/aromatic N) is 4. The topological polar surface area (TPSA) is 99.0 Å². The van der Waals surface area contributed by atoms with Crippen LogP contribution in [0.1, 0.15) is 44.5 Å². The van der Waals surface area contributed by atoms with Crippen LogP contribution in [0.4, 0.5) is 10.2 Å². The Balaban J connectivity index is 1.66. The second-order valence-electron chi connectivity index (χ2n) is 8.73. The number of esters is 1.